The van der Waals surface area contributed by atoms with Gasteiger partial charge in [-0.1, -0.05) is 0 Å². The Balaban J connectivity index is 1.86. The van der Waals surface area contributed by atoms with Crippen LogP contribution in [0.25, 0.3) is 0 Å². The van der Waals surface area contributed by atoms with Crippen LogP contribution < -0.4 is 5.32 Å². The van der Waals surface area contributed by atoms with Crippen molar-refractivity contribution < 1.29 is 9.90 Å². The number of amides is 2. The van der Waals surface area contributed by atoms with Gasteiger partial charge in [0, 0.05) is 31.2 Å². The first-order valence-corrected chi connectivity index (χ1v) is 6.19. The van der Waals surface area contributed by atoms with E-state index in [1.165, 1.54) is 4.90 Å². The average Bonchev–Trinajstić information content (AvgIpc) is 3.12. The molecule has 1 heterocycles. The SMILES string of the molecule is Cc1cc(NC(=O)N(C)CC(O)C2CC2)ccn1. The highest BCUT2D eigenvalue weighted by Gasteiger charge is 2.31. The summed E-state index contributed by atoms with van der Waals surface area (Å²) in [6.07, 6.45) is 3.39. The number of aryl methyl sites for hydroxylation is 1. The van der Waals surface area contributed by atoms with Crippen LogP contribution in [-0.2, 0) is 0 Å². The van der Waals surface area contributed by atoms with E-state index >= 15 is 0 Å². The number of hydrogen-bond donors (Lipinski definition) is 2. The minimum atomic E-state index is -0.403. The third-order valence-electron chi connectivity index (χ3n) is 3.12. The Hall–Kier alpha value is -1.62. The second kappa shape index (κ2) is 5.35. The lowest BCUT2D eigenvalue weighted by molar-refractivity contribution is 0.117. The Labute approximate surface area is 107 Å². The Bertz CT molecular complexity index is 432. The molecule has 1 aliphatic rings. The van der Waals surface area contributed by atoms with Crippen molar-refractivity contribution >= 4 is 11.7 Å². The summed E-state index contributed by atoms with van der Waals surface area (Å²) in [5.74, 6) is 0.378. The second-order valence-corrected chi connectivity index (χ2v) is 4.90. The molecule has 0 aromatic carbocycles. The molecule has 1 aliphatic carbocycles. The highest BCUT2D eigenvalue weighted by molar-refractivity contribution is 5.89. The largest absolute Gasteiger partial charge is 0.391 e. The van der Waals surface area contributed by atoms with Crippen molar-refractivity contribution in [2.24, 2.45) is 5.92 Å². The molecule has 0 saturated heterocycles. The van der Waals surface area contributed by atoms with E-state index in [0.717, 1.165) is 24.2 Å². The van der Waals surface area contributed by atoms with Crippen LogP contribution in [0.1, 0.15) is 18.5 Å². The molecule has 1 unspecified atom stereocenters. The van der Waals surface area contributed by atoms with E-state index in [2.05, 4.69) is 10.3 Å². The molecule has 1 saturated carbocycles. The van der Waals surface area contributed by atoms with E-state index in [-0.39, 0.29) is 6.03 Å². The number of likely N-dealkylation sites (N-methyl/N-ethyl adjacent to an activating group) is 1. The molecular weight excluding hydrogens is 230 g/mol. The molecule has 0 spiro atoms. The first-order chi connectivity index (χ1) is 8.56. The summed E-state index contributed by atoms with van der Waals surface area (Å²) in [5, 5.41) is 12.6. The molecule has 5 nitrogen and oxygen atoms in total. The van der Waals surface area contributed by atoms with Gasteiger partial charge in [-0.05, 0) is 37.8 Å². The zero-order chi connectivity index (χ0) is 13.1. The normalized spacial score (nSPS) is 16.2. The maximum atomic E-state index is 11.9. The number of nitrogens with one attached hydrogen (secondary N) is 1. The van der Waals surface area contributed by atoms with E-state index in [1.54, 1.807) is 19.3 Å². The number of nitrogens with zero attached hydrogens (tertiary/aromatic N) is 2. The summed E-state index contributed by atoms with van der Waals surface area (Å²) in [6, 6.07) is 3.35. The Morgan fingerprint density at radius 2 is 2.39 bits per heavy atom. The minimum Gasteiger partial charge on any atom is -0.391 e. The number of pyridine rings is 1. The summed E-state index contributed by atoms with van der Waals surface area (Å²) < 4.78 is 0. The van der Waals surface area contributed by atoms with Crippen LogP contribution in [0.2, 0.25) is 0 Å². The molecule has 1 aromatic rings. The van der Waals surface area contributed by atoms with Gasteiger partial charge in [0.25, 0.3) is 0 Å². The van der Waals surface area contributed by atoms with E-state index < -0.39 is 6.10 Å². The summed E-state index contributed by atoms with van der Waals surface area (Å²) in [4.78, 5) is 17.5. The molecule has 5 heteroatoms. The fourth-order valence-corrected chi connectivity index (χ4v) is 1.84. The quantitative estimate of drug-likeness (QED) is 0.852. The number of hydrogen-bond acceptors (Lipinski definition) is 3. The fraction of sp³-hybridized carbons (Fsp3) is 0.538. The third kappa shape index (κ3) is 3.43. The Morgan fingerprint density at radius 3 is 3.00 bits per heavy atom. The highest BCUT2D eigenvalue weighted by atomic mass is 16.3. The van der Waals surface area contributed by atoms with E-state index in [1.807, 2.05) is 13.0 Å². The summed E-state index contributed by atoms with van der Waals surface area (Å²) in [5.41, 5.74) is 1.58. The summed E-state index contributed by atoms with van der Waals surface area (Å²) >= 11 is 0. The molecule has 98 valence electrons. The molecule has 18 heavy (non-hydrogen) atoms. The van der Waals surface area contributed by atoms with Crippen LogP contribution in [0.4, 0.5) is 10.5 Å². The molecule has 2 rings (SSSR count). The maximum Gasteiger partial charge on any atom is 0.321 e. The van der Waals surface area contributed by atoms with Crippen LogP contribution in [0.15, 0.2) is 18.3 Å². The van der Waals surface area contributed by atoms with Crippen molar-refractivity contribution in [1.29, 1.82) is 0 Å². The van der Waals surface area contributed by atoms with E-state index in [4.69, 9.17) is 0 Å². The third-order valence-corrected chi connectivity index (χ3v) is 3.12. The molecule has 2 amide bonds. The fourth-order valence-electron chi connectivity index (χ4n) is 1.84. The van der Waals surface area contributed by atoms with E-state index in [9.17, 15) is 9.90 Å². The standard InChI is InChI=1S/C13H19N3O2/c1-9-7-11(5-6-14-9)15-13(18)16(2)8-12(17)10-3-4-10/h5-7,10,12,17H,3-4,8H2,1-2H3,(H,14,15,18). The highest BCUT2D eigenvalue weighted by Crippen LogP contribution is 2.32. The van der Waals surface area contributed by atoms with Crippen molar-refractivity contribution in [3.8, 4) is 0 Å². The number of aromatic nitrogens is 1. The maximum absolute atomic E-state index is 11.9. The second-order valence-electron chi connectivity index (χ2n) is 4.90. The number of anilines is 1. The number of aliphatic hydroxyl groups excluding tert-OH is 1. The first-order valence-electron chi connectivity index (χ1n) is 6.19. The van der Waals surface area contributed by atoms with Gasteiger partial charge in [0.1, 0.15) is 0 Å². The number of urea groups is 1. The van der Waals surface area contributed by atoms with Gasteiger partial charge < -0.3 is 15.3 Å². The number of carbonyl (C=O) groups is 1. The first kappa shape index (κ1) is 12.8. The zero-order valence-electron chi connectivity index (χ0n) is 10.8. The van der Waals surface area contributed by atoms with Gasteiger partial charge in [-0.2, -0.15) is 0 Å². The molecule has 1 aromatic heterocycles. The molecule has 1 fully saturated rings. The molecule has 0 radical (unpaired) electrons. The lowest BCUT2D eigenvalue weighted by Gasteiger charge is -2.21. The summed E-state index contributed by atoms with van der Waals surface area (Å²) in [6.45, 7) is 2.25. The van der Waals surface area contributed by atoms with Crippen LogP contribution in [0, 0.1) is 12.8 Å². The monoisotopic (exact) mass is 249 g/mol. The molecular formula is C13H19N3O2. The van der Waals surface area contributed by atoms with Gasteiger partial charge in [-0.15, -0.1) is 0 Å². The van der Waals surface area contributed by atoms with Crippen molar-refractivity contribution in [3.05, 3.63) is 24.0 Å². The van der Waals surface area contributed by atoms with Gasteiger partial charge in [-0.3, -0.25) is 4.98 Å². The Morgan fingerprint density at radius 1 is 1.67 bits per heavy atom. The predicted octanol–water partition coefficient (Wildman–Crippen LogP) is 1.62. The van der Waals surface area contributed by atoms with Gasteiger partial charge in [0.05, 0.1) is 6.10 Å². The van der Waals surface area contributed by atoms with Crippen molar-refractivity contribution in [2.75, 3.05) is 18.9 Å². The van der Waals surface area contributed by atoms with Crippen molar-refractivity contribution in [1.82, 2.24) is 9.88 Å². The van der Waals surface area contributed by atoms with Gasteiger partial charge >= 0.3 is 6.03 Å². The van der Waals surface area contributed by atoms with Crippen LogP contribution in [-0.4, -0.2) is 40.7 Å². The molecule has 1 atom stereocenters. The van der Waals surface area contributed by atoms with Gasteiger partial charge in [-0.25, -0.2) is 4.79 Å². The van der Waals surface area contributed by atoms with Gasteiger partial charge in [0.15, 0.2) is 0 Å². The number of rotatable bonds is 4. The van der Waals surface area contributed by atoms with Crippen molar-refractivity contribution in [3.63, 3.8) is 0 Å². The predicted molar refractivity (Wildman–Crippen MR) is 69.4 cm³/mol. The average molecular weight is 249 g/mol. The molecule has 2 N–H and O–H groups in total. The van der Waals surface area contributed by atoms with Crippen LogP contribution in [0.5, 0.6) is 0 Å². The van der Waals surface area contributed by atoms with Gasteiger partial charge in [0.2, 0.25) is 0 Å². The lowest BCUT2D eigenvalue weighted by Crippen LogP contribution is -2.38. The number of aliphatic hydroxyl groups is 1. The molecule has 0 aliphatic heterocycles. The zero-order valence-corrected chi connectivity index (χ0v) is 10.8. The smallest absolute Gasteiger partial charge is 0.321 e. The Kier molecular flexibility index (Phi) is 3.81. The summed E-state index contributed by atoms with van der Waals surface area (Å²) in [7, 11) is 1.69. The van der Waals surface area contributed by atoms with Crippen molar-refractivity contribution in [2.45, 2.75) is 25.9 Å². The lowest BCUT2D eigenvalue weighted by atomic mass is 10.2. The topological polar surface area (TPSA) is 65.5 Å². The number of carbonyl (C=O) groups excluding carboxylic acids is 1. The van der Waals surface area contributed by atoms with Crippen LogP contribution >= 0.6 is 0 Å². The van der Waals surface area contributed by atoms with Crippen LogP contribution in [0.3, 0.4) is 0 Å². The molecule has 0 bridgehead atoms. The van der Waals surface area contributed by atoms with E-state index in [0.29, 0.717) is 12.5 Å². The minimum absolute atomic E-state index is 0.208.